The molecule has 1 fully saturated rings. The molecular formula is C15H16N4O4. The van der Waals surface area contributed by atoms with E-state index >= 15 is 0 Å². The van der Waals surface area contributed by atoms with Gasteiger partial charge in [-0.15, -0.1) is 0 Å². The molecule has 0 spiro atoms. The van der Waals surface area contributed by atoms with Crippen LogP contribution in [-0.4, -0.2) is 47.1 Å². The van der Waals surface area contributed by atoms with Crippen molar-refractivity contribution >= 4 is 17.3 Å². The van der Waals surface area contributed by atoms with Crippen molar-refractivity contribution in [3.05, 3.63) is 51.9 Å². The van der Waals surface area contributed by atoms with E-state index in [1.165, 1.54) is 6.07 Å². The van der Waals surface area contributed by atoms with Gasteiger partial charge in [-0.2, -0.15) is 0 Å². The molecule has 0 atom stereocenters. The van der Waals surface area contributed by atoms with Crippen LogP contribution in [0.2, 0.25) is 0 Å². The van der Waals surface area contributed by atoms with Crippen LogP contribution in [0, 0.1) is 17.0 Å². The number of amides is 1. The number of hydrogen-bond donors (Lipinski definition) is 0. The first-order valence-electron chi connectivity index (χ1n) is 7.27. The molecule has 2 heterocycles. The van der Waals surface area contributed by atoms with E-state index < -0.39 is 0 Å². The molecule has 0 bridgehead atoms. The number of rotatable bonds is 3. The zero-order chi connectivity index (χ0) is 16.4. The van der Waals surface area contributed by atoms with Gasteiger partial charge in [-0.25, -0.2) is 0 Å². The minimum Gasteiger partial charge on any atom is -0.362 e. The molecule has 0 N–H and O–H groups in total. The topological polar surface area (TPSA) is 92.7 Å². The van der Waals surface area contributed by atoms with E-state index in [4.69, 9.17) is 4.52 Å². The predicted molar refractivity (Wildman–Crippen MR) is 82.5 cm³/mol. The van der Waals surface area contributed by atoms with E-state index in [0.29, 0.717) is 43.3 Å². The van der Waals surface area contributed by atoms with Crippen molar-refractivity contribution in [2.75, 3.05) is 31.1 Å². The van der Waals surface area contributed by atoms with Gasteiger partial charge in [0.25, 0.3) is 11.6 Å². The largest absolute Gasteiger partial charge is 0.362 e. The van der Waals surface area contributed by atoms with Gasteiger partial charge < -0.3 is 14.3 Å². The van der Waals surface area contributed by atoms with E-state index in [1.807, 2.05) is 4.90 Å². The van der Waals surface area contributed by atoms with E-state index in [-0.39, 0.29) is 16.5 Å². The molecular weight excluding hydrogens is 300 g/mol. The number of hydrogen-bond acceptors (Lipinski definition) is 6. The Morgan fingerprint density at radius 2 is 1.96 bits per heavy atom. The highest BCUT2D eigenvalue weighted by molar-refractivity contribution is 5.92. The van der Waals surface area contributed by atoms with Crippen molar-refractivity contribution in [2.24, 2.45) is 0 Å². The lowest BCUT2D eigenvalue weighted by Gasteiger charge is -2.35. The predicted octanol–water partition coefficient (Wildman–Crippen LogP) is 1.85. The van der Waals surface area contributed by atoms with Crippen molar-refractivity contribution < 1.29 is 14.2 Å². The monoisotopic (exact) mass is 316 g/mol. The van der Waals surface area contributed by atoms with Crippen molar-refractivity contribution in [3.63, 3.8) is 0 Å². The number of carbonyl (C=O) groups excluding carboxylic acids is 1. The van der Waals surface area contributed by atoms with Crippen molar-refractivity contribution in [1.82, 2.24) is 10.1 Å². The smallest absolute Gasteiger partial charge is 0.292 e. The van der Waals surface area contributed by atoms with E-state index in [0.717, 1.165) is 0 Å². The Morgan fingerprint density at radius 3 is 2.57 bits per heavy atom. The fourth-order valence-electron chi connectivity index (χ4n) is 2.67. The van der Waals surface area contributed by atoms with Gasteiger partial charge in [0, 0.05) is 38.3 Å². The zero-order valence-electron chi connectivity index (χ0n) is 12.6. The number of nitro benzene ring substituents is 1. The van der Waals surface area contributed by atoms with Crippen molar-refractivity contribution in [1.29, 1.82) is 0 Å². The lowest BCUT2D eigenvalue weighted by Crippen LogP contribution is -2.49. The van der Waals surface area contributed by atoms with Gasteiger partial charge in [0.05, 0.1) is 4.92 Å². The van der Waals surface area contributed by atoms with E-state index in [1.54, 1.807) is 36.1 Å². The fourth-order valence-corrected chi connectivity index (χ4v) is 2.67. The van der Waals surface area contributed by atoms with E-state index in [2.05, 4.69) is 5.16 Å². The van der Waals surface area contributed by atoms with Crippen LogP contribution >= 0.6 is 0 Å². The molecule has 23 heavy (non-hydrogen) atoms. The second-order valence-electron chi connectivity index (χ2n) is 5.35. The molecule has 1 aromatic heterocycles. The van der Waals surface area contributed by atoms with Gasteiger partial charge in [-0.1, -0.05) is 17.3 Å². The number of carbonyl (C=O) groups is 1. The zero-order valence-corrected chi connectivity index (χ0v) is 12.6. The summed E-state index contributed by atoms with van der Waals surface area (Å²) < 4.78 is 4.93. The second-order valence-corrected chi connectivity index (χ2v) is 5.35. The average molecular weight is 316 g/mol. The summed E-state index contributed by atoms with van der Waals surface area (Å²) in [4.78, 5) is 26.7. The molecule has 120 valence electrons. The van der Waals surface area contributed by atoms with Gasteiger partial charge in [-0.3, -0.25) is 14.9 Å². The summed E-state index contributed by atoms with van der Waals surface area (Å²) in [5, 5.41) is 14.9. The number of benzene rings is 1. The van der Waals surface area contributed by atoms with Crippen LogP contribution in [0.4, 0.5) is 11.4 Å². The molecule has 0 radical (unpaired) electrons. The minimum atomic E-state index is -0.384. The van der Waals surface area contributed by atoms with Crippen LogP contribution in [0.15, 0.2) is 34.9 Å². The Balaban J connectivity index is 1.69. The number of anilines is 1. The summed E-state index contributed by atoms with van der Waals surface area (Å²) in [5.41, 5.74) is 0.961. The number of nitro groups is 1. The van der Waals surface area contributed by atoms with Crippen LogP contribution in [-0.2, 0) is 0 Å². The molecule has 0 unspecified atom stereocenters. The molecule has 0 aliphatic carbocycles. The maximum atomic E-state index is 12.3. The Labute approximate surface area is 132 Å². The van der Waals surface area contributed by atoms with Gasteiger partial charge in [-0.05, 0) is 13.0 Å². The first-order valence-corrected chi connectivity index (χ1v) is 7.27. The van der Waals surface area contributed by atoms with Crippen molar-refractivity contribution in [2.45, 2.75) is 6.92 Å². The number of piperazine rings is 1. The first-order chi connectivity index (χ1) is 11.1. The standard InChI is InChI=1S/C15H16N4O4/c1-11-10-12(16-23-11)15(20)18-8-6-17(7-9-18)13-4-2-3-5-14(13)19(21)22/h2-5,10H,6-9H2,1H3. The average Bonchev–Trinajstić information content (AvgIpc) is 3.01. The number of nitrogens with zero attached hydrogens (tertiary/aromatic N) is 4. The number of para-hydroxylation sites is 2. The third-order valence-corrected chi connectivity index (χ3v) is 3.83. The minimum absolute atomic E-state index is 0.0828. The maximum absolute atomic E-state index is 12.3. The Hall–Kier alpha value is -2.90. The number of aromatic nitrogens is 1. The highest BCUT2D eigenvalue weighted by atomic mass is 16.6. The molecule has 8 nitrogen and oxygen atoms in total. The van der Waals surface area contributed by atoms with Crippen LogP contribution in [0.1, 0.15) is 16.2 Å². The third kappa shape index (κ3) is 3.01. The quantitative estimate of drug-likeness (QED) is 0.634. The van der Waals surface area contributed by atoms with Crippen LogP contribution < -0.4 is 4.90 Å². The van der Waals surface area contributed by atoms with Crippen LogP contribution in [0.25, 0.3) is 0 Å². The molecule has 0 saturated carbocycles. The molecule has 8 heteroatoms. The summed E-state index contributed by atoms with van der Waals surface area (Å²) >= 11 is 0. The van der Waals surface area contributed by atoms with Crippen molar-refractivity contribution in [3.8, 4) is 0 Å². The summed E-state index contributed by atoms with van der Waals surface area (Å²) in [7, 11) is 0. The molecule has 1 amide bonds. The van der Waals surface area contributed by atoms with Gasteiger partial charge in [0.1, 0.15) is 11.4 Å². The van der Waals surface area contributed by atoms with Gasteiger partial charge in [0.2, 0.25) is 0 Å². The van der Waals surface area contributed by atoms with Crippen LogP contribution in [0.3, 0.4) is 0 Å². The lowest BCUT2D eigenvalue weighted by atomic mass is 10.2. The van der Waals surface area contributed by atoms with E-state index in [9.17, 15) is 14.9 Å². The van der Waals surface area contributed by atoms with Crippen LogP contribution in [0.5, 0.6) is 0 Å². The first kappa shape index (κ1) is 15.0. The SMILES string of the molecule is Cc1cc(C(=O)N2CCN(c3ccccc3[N+](=O)[O-])CC2)no1. The second kappa shape index (κ2) is 6.07. The fraction of sp³-hybridized carbons (Fsp3) is 0.333. The summed E-state index contributed by atoms with van der Waals surface area (Å²) in [6, 6.07) is 8.25. The molecule has 1 saturated heterocycles. The Bertz CT molecular complexity index is 735. The number of aryl methyl sites for hydroxylation is 1. The maximum Gasteiger partial charge on any atom is 0.292 e. The highest BCUT2D eigenvalue weighted by Crippen LogP contribution is 2.28. The molecule has 1 aliphatic rings. The third-order valence-electron chi connectivity index (χ3n) is 3.83. The Morgan fingerprint density at radius 1 is 1.26 bits per heavy atom. The highest BCUT2D eigenvalue weighted by Gasteiger charge is 2.27. The molecule has 2 aromatic rings. The van der Waals surface area contributed by atoms with Gasteiger partial charge >= 0.3 is 0 Å². The summed E-state index contributed by atoms with van der Waals surface area (Å²) in [5.74, 6) is 0.413. The normalized spacial score (nSPS) is 14.8. The molecule has 3 rings (SSSR count). The molecule has 1 aliphatic heterocycles. The van der Waals surface area contributed by atoms with Gasteiger partial charge in [0.15, 0.2) is 5.69 Å². The molecule has 1 aromatic carbocycles. The summed E-state index contributed by atoms with van der Waals surface area (Å²) in [6.45, 7) is 3.77. The lowest BCUT2D eigenvalue weighted by molar-refractivity contribution is -0.384. The Kier molecular flexibility index (Phi) is 3.96. The summed E-state index contributed by atoms with van der Waals surface area (Å²) in [6.07, 6.45) is 0.